The highest BCUT2D eigenvalue weighted by Gasteiger charge is 2.26. The van der Waals surface area contributed by atoms with Crippen molar-refractivity contribution in [2.45, 2.75) is 51.5 Å². The summed E-state index contributed by atoms with van der Waals surface area (Å²) in [6.45, 7) is 2.28. The van der Waals surface area contributed by atoms with E-state index in [9.17, 15) is 19.1 Å². The quantitative estimate of drug-likeness (QED) is 0.236. The molecule has 0 unspecified atom stereocenters. The molecule has 1 saturated carbocycles. The number of nitrogens with zero attached hydrogens (tertiary/aromatic N) is 2. The summed E-state index contributed by atoms with van der Waals surface area (Å²) >= 11 is 0. The summed E-state index contributed by atoms with van der Waals surface area (Å²) in [5.41, 5.74) is 4.59. The Morgan fingerprint density at radius 3 is 2.36 bits per heavy atom. The molecule has 3 N–H and O–H groups in total. The van der Waals surface area contributed by atoms with Crippen molar-refractivity contribution in [1.29, 1.82) is 0 Å². The summed E-state index contributed by atoms with van der Waals surface area (Å²) in [5, 5.41) is 21.0. The van der Waals surface area contributed by atoms with Crippen molar-refractivity contribution in [2.75, 3.05) is 5.32 Å². The van der Waals surface area contributed by atoms with E-state index in [1.165, 1.54) is 22.9 Å². The van der Waals surface area contributed by atoms with Crippen molar-refractivity contribution >= 4 is 17.6 Å². The maximum atomic E-state index is 13.2. The van der Waals surface area contributed by atoms with Crippen LogP contribution in [-0.2, 0) is 13.0 Å². The molecule has 1 heterocycles. The Morgan fingerprint density at radius 1 is 0.974 bits per heavy atom. The average molecular weight is 527 g/mol. The van der Waals surface area contributed by atoms with Gasteiger partial charge >= 0.3 is 6.03 Å². The van der Waals surface area contributed by atoms with Crippen molar-refractivity contribution in [3.05, 3.63) is 101 Å². The number of amides is 2. The first-order valence-corrected chi connectivity index (χ1v) is 13.3. The summed E-state index contributed by atoms with van der Waals surface area (Å²) in [7, 11) is 0. The van der Waals surface area contributed by atoms with Crippen molar-refractivity contribution in [3.8, 4) is 17.0 Å². The fourth-order valence-electron chi connectivity index (χ4n) is 4.97. The zero-order valence-corrected chi connectivity index (χ0v) is 21.8. The third-order valence-corrected chi connectivity index (χ3v) is 7.21. The van der Waals surface area contributed by atoms with Crippen LogP contribution in [0.25, 0.3) is 11.3 Å². The first kappa shape index (κ1) is 26.2. The third-order valence-electron chi connectivity index (χ3n) is 7.21. The highest BCUT2D eigenvalue weighted by molar-refractivity contribution is 6.04. The Morgan fingerprint density at radius 2 is 1.67 bits per heavy atom. The number of phenolic OH excluding ortho intramolecular Hbond substituents is 1. The lowest BCUT2D eigenvalue weighted by Gasteiger charge is -2.12. The molecule has 5 rings (SSSR count). The van der Waals surface area contributed by atoms with Gasteiger partial charge in [0, 0.05) is 29.3 Å². The van der Waals surface area contributed by atoms with Gasteiger partial charge in [0.15, 0.2) is 0 Å². The van der Waals surface area contributed by atoms with E-state index in [4.69, 9.17) is 0 Å². The van der Waals surface area contributed by atoms with Crippen LogP contribution >= 0.6 is 0 Å². The van der Waals surface area contributed by atoms with Crippen LogP contribution in [0.5, 0.6) is 5.75 Å². The number of phenols is 1. The molecule has 1 aliphatic carbocycles. The van der Waals surface area contributed by atoms with Gasteiger partial charge in [-0.2, -0.15) is 9.78 Å². The Balaban J connectivity index is 1.40. The number of rotatable bonds is 7. The maximum Gasteiger partial charge on any atom is 0.342 e. The van der Waals surface area contributed by atoms with Crippen molar-refractivity contribution in [2.24, 2.45) is 0 Å². The van der Waals surface area contributed by atoms with Gasteiger partial charge < -0.3 is 15.7 Å². The summed E-state index contributed by atoms with van der Waals surface area (Å²) in [5.74, 6) is -0.418. The topological polar surface area (TPSA) is 96.2 Å². The first-order chi connectivity index (χ1) is 18.9. The second kappa shape index (κ2) is 11.5. The van der Waals surface area contributed by atoms with Crippen LogP contribution in [0, 0.1) is 5.82 Å². The molecule has 7 nitrogen and oxygen atoms in total. The van der Waals surface area contributed by atoms with Crippen molar-refractivity contribution < 1.29 is 19.1 Å². The normalized spacial score (nSPS) is 13.4. The number of hydrogen-bond acceptors (Lipinski definition) is 4. The van der Waals surface area contributed by atoms with Crippen LogP contribution in [-0.4, -0.2) is 26.8 Å². The lowest BCUT2D eigenvalue weighted by molar-refractivity contribution is 0.102. The SMILES string of the molecule is CCc1ccc(C(=O)Nc2ccc(O)c(-c3cc(C4CCCC4)n(C(=O)NCc4ccc(F)cc4)n3)c2)cc1. The average Bonchev–Trinajstić information content (AvgIpc) is 3.64. The Kier molecular flexibility index (Phi) is 7.72. The number of nitrogens with one attached hydrogen (secondary N) is 2. The molecule has 8 heteroatoms. The minimum absolute atomic E-state index is 0.00496. The molecular weight excluding hydrogens is 495 g/mol. The minimum atomic E-state index is -0.396. The molecule has 1 fully saturated rings. The van der Waals surface area contributed by atoms with E-state index < -0.39 is 6.03 Å². The van der Waals surface area contributed by atoms with Gasteiger partial charge in [0.25, 0.3) is 5.91 Å². The van der Waals surface area contributed by atoms with E-state index in [1.54, 1.807) is 36.4 Å². The van der Waals surface area contributed by atoms with Gasteiger partial charge in [-0.25, -0.2) is 9.18 Å². The fourth-order valence-corrected chi connectivity index (χ4v) is 4.97. The largest absolute Gasteiger partial charge is 0.507 e. The highest BCUT2D eigenvalue weighted by atomic mass is 19.1. The number of aromatic hydroxyl groups is 1. The Hall–Kier alpha value is -4.46. The molecule has 3 aromatic carbocycles. The lowest BCUT2D eigenvalue weighted by atomic mass is 10.0. The van der Waals surface area contributed by atoms with E-state index in [-0.39, 0.29) is 29.9 Å². The molecule has 0 bridgehead atoms. The van der Waals surface area contributed by atoms with E-state index in [1.807, 2.05) is 18.2 Å². The molecule has 1 aromatic heterocycles. The van der Waals surface area contributed by atoms with Crippen LogP contribution in [0.4, 0.5) is 14.9 Å². The predicted octanol–water partition coefficient (Wildman–Crippen LogP) is 6.63. The Labute approximate surface area is 226 Å². The predicted molar refractivity (Wildman–Crippen MR) is 148 cm³/mol. The van der Waals surface area contributed by atoms with Gasteiger partial charge in [0.1, 0.15) is 11.6 Å². The number of carbonyl (C=O) groups excluding carboxylic acids is 2. The minimum Gasteiger partial charge on any atom is -0.507 e. The van der Waals surface area contributed by atoms with Gasteiger partial charge in [-0.1, -0.05) is 44.0 Å². The van der Waals surface area contributed by atoms with Crippen LogP contribution in [0.3, 0.4) is 0 Å². The van der Waals surface area contributed by atoms with E-state index >= 15 is 0 Å². The van der Waals surface area contributed by atoms with Crippen LogP contribution in [0.2, 0.25) is 0 Å². The number of benzene rings is 3. The summed E-state index contributed by atoms with van der Waals surface area (Å²) in [6.07, 6.45) is 4.95. The molecule has 0 aliphatic heterocycles. The zero-order chi connectivity index (χ0) is 27.4. The van der Waals surface area contributed by atoms with E-state index in [2.05, 4.69) is 22.7 Å². The number of halogens is 1. The molecular formula is C31H31FN4O3. The molecule has 39 heavy (non-hydrogen) atoms. The number of aromatic nitrogens is 2. The van der Waals surface area contributed by atoms with Crippen LogP contribution in [0.15, 0.2) is 72.8 Å². The standard InChI is InChI=1S/C31H31FN4O3/c1-2-20-7-11-23(12-8-20)30(38)34-25-15-16-29(37)26(17-25)27-18-28(22-5-3-4-6-22)36(35-27)31(39)33-19-21-9-13-24(32)14-10-21/h7-18,22,37H,2-6,19H2,1H3,(H,33,39)(H,34,38). The summed E-state index contributed by atoms with van der Waals surface area (Å²) in [6, 6.07) is 19.6. The van der Waals surface area contributed by atoms with Gasteiger partial charge in [0.05, 0.1) is 11.4 Å². The van der Waals surface area contributed by atoms with E-state index in [0.717, 1.165) is 48.9 Å². The Bertz CT molecular complexity index is 1470. The van der Waals surface area contributed by atoms with Crippen molar-refractivity contribution in [3.63, 3.8) is 0 Å². The molecule has 0 radical (unpaired) electrons. The smallest absolute Gasteiger partial charge is 0.342 e. The van der Waals surface area contributed by atoms with Gasteiger partial charge in [0.2, 0.25) is 0 Å². The molecule has 200 valence electrons. The number of hydrogen-bond donors (Lipinski definition) is 3. The molecule has 0 saturated heterocycles. The van der Waals surface area contributed by atoms with Gasteiger partial charge in [-0.15, -0.1) is 0 Å². The maximum absolute atomic E-state index is 13.2. The van der Waals surface area contributed by atoms with Crippen LogP contribution < -0.4 is 10.6 Å². The lowest BCUT2D eigenvalue weighted by Crippen LogP contribution is -2.30. The number of anilines is 1. The number of aryl methyl sites for hydroxylation is 1. The molecule has 0 spiro atoms. The van der Waals surface area contributed by atoms with Gasteiger partial charge in [-0.05, 0) is 78.9 Å². The number of carbonyl (C=O) groups is 2. The molecule has 0 atom stereocenters. The highest BCUT2D eigenvalue weighted by Crippen LogP contribution is 2.38. The van der Waals surface area contributed by atoms with Gasteiger partial charge in [-0.3, -0.25) is 4.79 Å². The van der Waals surface area contributed by atoms with Crippen LogP contribution in [0.1, 0.15) is 65.7 Å². The first-order valence-electron chi connectivity index (χ1n) is 13.3. The van der Waals surface area contributed by atoms with Crippen molar-refractivity contribution in [1.82, 2.24) is 15.1 Å². The molecule has 4 aromatic rings. The second-order valence-corrected chi connectivity index (χ2v) is 9.87. The van der Waals surface area contributed by atoms with E-state index in [0.29, 0.717) is 22.5 Å². The second-order valence-electron chi connectivity index (χ2n) is 9.87. The fraction of sp³-hybridized carbons (Fsp3) is 0.258. The monoisotopic (exact) mass is 526 g/mol. The molecule has 2 amide bonds. The molecule has 1 aliphatic rings. The zero-order valence-electron chi connectivity index (χ0n) is 21.8. The third kappa shape index (κ3) is 6.00. The summed E-state index contributed by atoms with van der Waals surface area (Å²) in [4.78, 5) is 26.0. The summed E-state index contributed by atoms with van der Waals surface area (Å²) < 4.78 is 14.6.